The van der Waals surface area contributed by atoms with Crippen LogP contribution in [-0.2, 0) is 25.6 Å². The van der Waals surface area contributed by atoms with Crippen molar-refractivity contribution < 1.29 is 24.3 Å². The number of carbonyl (C=O) groups is 4. The molecule has 1 aromatic rings. The molecule has 11 nitrogen and oxygen atoms in total. The van der Waals surface area contributed by atoms with E-state index in [-0.39, 0.29) is 12.3 Å². The van der Waals surface area contributed by atoms with E-state index in [9.17, 15) is 24.3 Å². The fourth-order valence-electron chi connectivity index (χ4n) is 2.68. The van der Waals surface area contributed by atoms with E-state index in [0.29, 0.717) is 17.9 Å². The lowest BCUT2D eigenvalue weighted by molar-refractivity contribution is -0.143. The van der Waals surface area contributed by atoms with Crippen LogP contribution in [0.5, 0.6) is 0 Å². The fraction of sp³-hybridized carbons (Fsp3) is 0.632. The van der Waals surface area contributed by atoms with E-state index in [0.717, 1.165) is 0 Å². The molecule has 1 rings (SSSR count). The number of aromatic nitrogens is 2. The maximum absolute atomic E-state index is 12.6. The maximum atomic E-state index is 12.6. The van der Waals surface area contributed by atoms with Gasteiger partial charge in [-0.2, -0.15) is 11.8 Å². The number of carboxylic acids is 1. The minimum Gasteiger partial charge on any atom is -0.480 e. The summed E-state index contributed by atoms with van der Waals surface area (Å²) in [6.07, 6.45) is 5.42. The molecule has 0 aromatic carbocycles. The SMILES string of the molecule is CSCCC(NC(=O)C(C)NC(=O)C(N)Cc1cnc[nH]1)C(=O)NC(C(=O)O)C(C)C. The number of hydrogen-bond acceptors (Lipinski definition) is 7. The first-order chi connectivity index (χ1) is 14.6. The van der Waals surface area contributed by atoms with Gasteiger partial charge in [0.05, 0.1) is 12.4 Å². The summed E-state index contributed by atoms with van der Waals surface area (Å²) in [5.41, 5.74) is 6.56. The van der Waals surface area contributed by atoms with Crippen LogP contribution < -0.4 is 21.7 Å². The Balaban J connectivity index is 2.70. The number of rotatable bonds is 13. The number of H-pyrrole nitrogens is 1. The molecule has 4 unspecified atom stereocenters. The van der Waals surface area contributed by atoms with E-state index < -0.39 is 47.9 Å². The van der Waals surface area contributed by atoms with Crippen LogP contribution in [0.3, 0.4) is 0 Å². The predicted octanol–water partition coefficient (Wildman–Crippen LogP) is -0.752. The zero-order valence-corrected chi connectivity index (χ0v) is 19.0. The lowest BCUT2D eigenvalue weighted by Crippen LogP contribution is -2.57. The second-order valence-corrected chi connectivity index (χ2v) is 8.51. The van der Waals surface area contributed by atoms with Crippen LogP contribution in [0.1, 0.15) is 32.9 Å². The fourth-order valence-corrected chi connectivity index (χ4v) is 3.15. The zero-order chi connectivity index (χ0) is 23.6. The van der Waals surface area contributed by atoms with Crippen LogP contribution >= 0.6 is 11.8 Å². The predicted molar refractivity (Wildman–Crippen MR) is 117 cm³/mol. The summed E-state index contributed by atoms with van der Waals surface area (Å²) < 4.78 is 0. The molecular weight excluding hydrogens is 424 g/mol. The number of hydrogen-bond donors (Lipinski definition) is 6. The summed E-state index contributed by atoms with van der Waals surface area (Å²) in [7, 11) is 0. The average Bonchev–Trinajstić information content (AvgIpc) is 3.21. The molecule has 0 spiro atoms. The number of nitrogens with one attached hydrogen (secondary N) is 4. The minimum absolute atomic E-state index is 0.227. The van der Waals surface area contributed by atoms with E-state index in [1.165, 1.54) is 25.0 Å². The highest BCUT2D eigenvalue weighted by Gasteiger charge is 2.29. The van der Waals surface area contributed by atoms with E-state index in [2.05, 4.69) is 25.9 Å². The molecule has 1 heterocycles. The number of aliphatic carboxylic acids is 1. The highest BCUT2D eigenvalue weighted by Crippen LogP contribution is 2.06. The van der Waals surface area contributed by atoms with Gasteiger partial charge in [-0.3, -0.25) is 14.4 Å². The number of imidazole rings is 1. The third-order valence-electron chi connectivity index (χ3n) is 4.56. The van der Waals surface area contributed by atoms with Crippen molar-refractivity contribution in [1.29, 1.82) is 0 Å². The van der Waals surface area contributed by atoms with Gasteiger partial charge >= 0.3 is 5.97 Å². The van der Waals surface area contributed by atoms with Crippen molar-refractivity contribution >= 4 is 35.5 Å². The molecule has 1 aromatic heterocycles. The van der Waals surface area contributed by atoms with Crippen molar-refractivity contribution in [3.05, 3.63) is 18.2 Å². The summed E-state index contributed by atoms with van der Waals surface area (Å²) >= 11 is 1.49. The van der Waals surface area contributed by atoms with Crippen LogP contribution in [0.25, 0.3) is 0 Å². The summed E-state index contributed by atoms with van der Waals surface area (Å²) in [6, 6.07) is -3.82. The van der Waals surface area contributed by atoms with Crippen molar-refractivity contribution in [2.75, 3.05) is 12.0 Å². The molecule has 0 aliphatic heterocycles. The van der Waals surface area contributed by atoms with Crippen molar-refractivity contribution in [3.8, 4) is 0 Å². The number of thioether (sulfide) groups is 1. The molecule has 0 saturated heterocycles. The Hall–Kier alpha value is -2.60. The van der Waals surface area contributed by atoms with Gasteiger partial charge in [0.15, 0.2) is 0 Å². The molecule has 12 heteroatoms. The molecule has 31 heavy (non-hydrogen) atoms. The Morgan fingerprint density at radius 1 is 1.13 bits per heavy atom. The molecule has 174 valence electrons. The molecule has 0 fully saturated rings. The highest BCUT2D eigenvalue weighted by molar-refractivity contribution is 7.98. The Labute approximate surface area is 185 Å². The topological polar surface area (TPSA) is 179 Å². The first-order valence-electron chi connectivity index (χ1n) is 9.92. The maximum Gasteiger partial charge on any atom is 0.326 e. The van der Waals surface area contributed by atoms with Crippen LogP contribution in [0.4, 0.5) is 0 Å². The van der Waals surface area contributed by atoms with Gasteiger partial charge in [0.1, 0.15) is 18.1 Å². The first-order valence-corrected chi connectivity index (χ1v) is 11.3. The number of aromatic amines is 1. The smallest absolute Gasteiger partial charge is 0.326 e. The van der Waals surface area contributed by atoms with Gasteiger partial charge in [-0.05, 0) is 31.3 Å². The highest BCUT2D eigenvalue weighted by atomic mass is 32.2. The number of carbonyl (C=O) groups excluding carboxylic acids is 3. The van der Waals surface area contributed by atoms with Gasteiger partial charge in [0.25, 0.3) is 0 Å². The number of carboxylic acid groups (broad SMARTS) is 1. The molecule has 0 aliphatic carbocycles. The summed E-state index contributed by atoms with van der Waals surface area (Å²) in [4.78, 5) is 55.5. The molecule has 0 radical (unpaired) electrons. The van der Waals surface area contributed by atoms with Crippen molar-refractivity contribution in [2.45, 2.75) is 57.8 Å². The second-order valence-electron chi connectivity index (χ2n) is 7.53. The molecular formula is C19H32N6O5S. The van der Waals surface area contributed by atoms with Crippen LogP contribution in [-0.4, -0.2) is 74.9 Å². The Bertz CT molecular complexity index is 742. The first kappa shape index (κ1) is 26.4. The van der Waals surface area contributed by atoms with Gasteiger partial charge in [-0.1, -0.05) is 13.8 Å². The van der Waals surface area contributed by atoms with Crippen LogP contribution in [0.15, 0.2) is 12.5 Å². The van der Waals surface area contributed by atoms with E-state index >= 15 is 0 Å². The number of amides is 3. The van der Waals surface area contributed by atoms with E-state index in [4.69, 9.17) is 5.73 Å². The quantitative estimate of drug-likeness (QED) is 0.224. The third-order valence-corrected chi connectivity index (χ3v) is 5.20. The van der Waals surface area contributed by atoms with Gasteiger partial charge in [-0.25, -0.2) is 9.78 Å². The minimum atomic E-state index is -1.15. The number of nitrogens with zero attached hydrogens (tertiary/aromatic N) is 1. The largest absolute Gasteiger partial charge is 0.480 e. The monoisotopic (exact) mass is 456 g/mol. The average molecular weight is 457 g/mol. The second kappa shape index (κ2) is 13.0. The van der Waals surface area contributed by atoms with Crippen LogP contribution in [0.2, 0.25) is 0 Å². The lowest BCUT2D eigenvalue weighted by Gasteiger charge is -2.24. The molecule has 7 N–H and O–H groups in total. The van der Waals surface area contributed by atoms with E-state index in [1.54, 1.807) is 20.0 Å². The summed E-state index contributed by atoms with van der Waals surface area (Å²) in [5.74, 6) is -2.57. The summed E-state index contributed by atoms with van der Waals surface area (Å²) in [5, 5.41) is 16.9. The Morgan fingerprint density at radius 3 is 2.32 bits per heavy atom. The molecule has 0 bridgehead atoms. The molecule has 4 atom stereocenters. The molecule has 3 amide bonds. The molecule has 0 saturated carbocycles. The van der Waals surface area contributed by atoms with Gasteiger partial charge in [0, 0.05) is 18.3 Å². The van der Waals surface area contributed by atoms with Crippen molar-refractivity contribution in [2.24, 2.45) is 11.7 Å². The van der Waals surface area contributed by atoms with Crippen molar-refractivity contribution in [3.63, 3.8) is 0 Å². The third kappa shape index (κ3) is 8.97. The molecule has 0 aliphatic rings. The Morgan fingerprint density at radius 2 is 1.81 bits per heavy atom. The zero-order valence-electron chi connectivity index (χ0n) is 18.2. The van der Waals surface area contributed by atoms with E-state index in [1.807, 2.05) is 6.26 Å². The Kier molecular flexibility index (Phi) is 11.0. The normalized spacial score (nSPS) is 14.9. The standard InChI is InChI=1S/C19H32N6O5S/c1-10(2)15(19(29)30)25-18(28)14(5-6-31-4)24-16(26)11(3)23-17(27)13(20)7-12-8-21-9-22-12/h8-11,13-15H,5-7,20H2,1-4H3,(H,21,22)(H,23,27)(H,24,26)(H,25,28)(H,29,30). The summed E-state index contributed by atoms with van der Waals surface area (Å²) in [6.45, 7) is 4.84. The van der Waals surface area contributed by atoms with Gasteiger partial charge < -0.3 is 31.8 Å². The lowest BCUT2D eigenvalue weighted by atomic mass is 10.0. The van der Waals surface area contributed by atoms with Crippen LogP contribution in [0, 0.1) is 5.92 Å². The number of nitrogens with two attached hydrogens (primary N) is 1. The van der Waals surface area contributed by atoms with Gasteiger partial charge in [0.2, 0.25) is 17.7 Å². The van der Waals surface area contributed by atoms with Gasteiger partial charge in [-0.15, -0.1) is 0 Å². The van der Waals surface area contributed by atoms with Crippen molar-refractivity contribution in [1.82, 2.24) is 25.9 Å².